The maximum atomic E-state index is 9.45. The number of benzene rings is 4. The van der Waals surface area contributed by atoms with Crippen LogP contribution in [0.3, 0.4) is 0 Å². The van der Waals surface area contributed by atoms with Crippen LogP contribution in [0.5, 0.6) is 0 Å². The molecule has 0 aliphatic carbocycles. The van der Waals surface area contributed by atoms with Crippen molar-refractivity contribution >= 4 is 44.1 Å². The summed E-state index contributed by atoms with van der Waals surface area (Å²) in [6.45, 7) is 13.4. The van der Waals surface area contributed by atoms with Gasteiger partial charge in [0.1, 0.15) is 5.40 Å². The third kappa shape index (κ3) is 2.86. The van der Waals surface area contributed by atoms with E-state index in [1.807, 2.05) is 0 Å². The summed E-state index contributed by atoms with van der Waals surface area (Å²) in [5.41, 5.74) is 2.71. The lowest BCUT2D eigenvalue weighted by atomic mass is 9.81. The second-order valence-corrected chi connectivity index (χ2v) is 10.3. The molecule has 1 nitrogen and oxygen atoms in total. The quantitative estimate of drug-likeness (QED) is 0.194. The van der Waals surface area contributed by atoms with Crippen LogP contribution in [-0.4, -0.2) is 0 Å². The second kappa shape index (κ2) is 5.88. The highest BCUT2D eigenvalue weighted by molar-refractivity contribution is 8.04. The molecule has 0 aromatic heterocycles. The number of rotatable bonds is 1. The molecule has 0 saturated carbocycles. The first kappa shape index (κ1) is 18.1. The van der Waals surface area contributed by atoms with Gasteiger partial charge in [-0.3, -0.25) is 0 Å². The van der Waals surface area contributed by atoms with Crippen molar-refractivity contribution in [3.8, 4) is 5.40 Å². The van der Waals surface area contributed by atoms with E-state index in [1.165, 1.54) is 55.2 Å². The Morgan fingerprint density at radius 3 is 1.81 bits per heavy atom. The first-order valence-corrected chi connectivity index (χ1v) is 10.3. The Morgan fingerprint density at radius 1 is 0.741 bits per heavy atom. The molecule has 0 saturated heterocycles. The van der Waals surface area contributed by atoms with E-state index >= 15 is 0 Å². The van der Waals surface area contributed by atoms with Crippen molar-refractivity contribution in [1.29, 1.82) is 5.26 Å². The topological polar surface area (TPSA) is 23.8 Å². The Kier molecular flexibility index (Phi) is 3.95. The number of thioether (sulfide) groups is 1. The Morgan fingerprint density at radius 2 is 1.30 bits per heavy atom. The van der Waals surface area contributed by atoms with E-state index in [0.29, 0.717) is 0 Å². The molecule has 0 fully saturated rings. The lowest BCUT2D eigenvalue weighted by Gasteiger charge is -2.25. The summed E-state index contributed by atoms with van der Waals surface area (Å²) in [4.78, 5) is 1.10. The number of nitrogens with zero attached hydrogens (tertiary/aromatic N) is 1. The molecule has 4 aromatic rings. The highest BCUT2D eigenvalue weighted by atomic mass is 32.2. The van der Waals surface area contributed by atoms with Crippen LogP contribution in [0.25, 0.3) is 32.3 Å². The van der Waals surface area contributed by atoms with Gasteiger partial charge in [-0.25, -0.2) is 0 Å². The zero-order valence-electron chi connectivity index (χ0n) is 16.9. The van der Waals surface area contributed by atoms with E-state index < -0.39 is 0 Å². The highest BCUT2D eigenvalue weighted by Gasteiger charge is 2.23. The molecule has 27 heavy (non-hydrogen) atoms. The monoisotopic (exact) mass is 371 g/mol. The van der Waals surface area contributed by atoms with Crippen LogP contribution < -0.4 is 0 Å². The molecule has 0 unspecified atom stereocenters. The van der Waals surface area contributed by atoms with Gasteiger partial charge in [-0.15, -0.1) is 0 Å². The van der Waals surface area contributed by atoms with Gasteiger partial charge in [0.25, 0.3) is 0 Å². The van der Waals surface area contributed by atoms with Crippen LogP contribution in [0.2, 0.25) is 0 Å². The van der Waals surface area contributed by atoms with Gasteiger partial charge in [0.15, 0.2) is 0 Å². The number of nitriles is 1. The summed E-state index contributed by atoms with van der Waals surface area (Å²) in [6.07, 6.45) is 0. The van der Waals surface area contributed by atoms with E-state index in [0.717, 1.165) is 4.90 Å². The predicted molar refractivity (Wildman–Crippen MR) is 119 cm³/mol. The molecule has 0 N–H and O–H groups in total. The van der Waals surface area contributed by atoms with Crippen LogP contribution in [0.15, 0.2) is 47.4 Å². The van der Waals surface area contributed by atoms with E-state index in [4.69, 9.17) is 0 Å². The number of thiocyanates is 1. The summed E-state index contributed by atoms with van der Waals surface area (Å²) in [6, 6.07) is 15.9. The molecule has 136 valence electrons. The van der Waals surface area contributed by atoms with E-state index in [2.05, 4.69) is 89.4 Å². The zero-order chi connectivity index (χ0) is 19.6. The normalized spacial score (nSPS) is 12.9. The molecule has 2 heteroatoms. The van der Waals surface area contributed by atoms with Gasteiger partial charge in [-0.2, -0.15) is 5.26 Å². The summed E-state index contributed by atoms with van der Waals surface area (Å²) in [7, 11) is 0. The van der Waals surface area contributed by atoms with E-state index in [-0.39, 0.29) is 10.8 Å². The number of hydrogen-bond donors (Lipinski definition) is 0. The van der Waals surface area contributed by atoms with Gasteiger partial charge in [0.05, 0.1) is 0 Å². The Balaban J connectivity index is 2.19. The van der Waals surface area contributed by atoms with Crippen molar-refractivity contribution in [3.63, 3.8) is 0 Å². The lowest BCUT2D eigenvalue weighted by Crippen LogP contribution is -2.13. The molecular formula is C25H25NS. The Hall–Kier alpha value is -2.24. The lowest BCUT2D eigenvalue weighted by molar-refractivity contribution is 0.580. The third-order valence-corrected chi connectivity index (χ3v) is 6.23. The summed E-state index contributed by atoms with van der Waals surface area (Å²) >= 11 is 1.29. The predicted octanol–water partition coefficient (Wildman–Crippen LogP) is 7.75. The maximum absolute atomic E-state index is 9.45. The first-order chi connectivity index (χ1) is 12.6. The molecule has 0 aliphatic heterocycles. The summed E-state index contributed by atoms with van der Waals surface area (Å²) in [5, 5.41) is 19.4. The minimum Gasteiger partial charge on any atom is -0.185 e. The fraction of sp³-hybridized carbons (Fsp3) is 0.320. The molecule has 0 amide bonds. The average Bonchev–Trinajstić information content (AvgIpc) is 2.58. The zero-order valence-corrected chi connectivity index (χ0v) is 17.7. The van der Waals surface area contributed by atoms with Gasteiger partial charge >= 0.3 is 0 Å². The molecular weight excluding hydrogens is 346 g/mol. The van der Waals surface area contributed by atoms with Crippen molar-refractivity contribution in [1.82, 2.24) is 0 Å². The van der Waals surface area contributed by atoms with Gasteiger partial charge in [0.2, 0.25) is 0 Å². The Labute approximate surface area is 165 Å². The van der Waals surface area contributed by atoms with Crippen LogP contribution in [0, 0.1) is 10.7 Å². The van der Waals surface area contributed by atoms with Crippen LogP contribution in [0.1, 0.15) is 52.7 Å². The smallest absolute Gasteiger partial charge is 0.138 e. The standard InChI is InChI=1S/C25H25NS/c1-24(2,3)18-11-15-7-8-17-13-20(25(4,5)6)23(27-14-26)19-10-9-16(12-18)21(15)22(17)19/h7-13H,1-6H3. The average molecular weight is 372 g/mol. The van der Waals surface area contributed by atoms with Gasteiger partial charge in [-0.1, -0.05) is 77.9 Å². The van der Waals surface area contributed by atoms with Crippen molar-refractivity contribution in [2.45, 2.75) is 57.3 Å². The molecule has 0 radical (unpaired) electrons. The first-order valence-electron chi connectivity index (χ1n) is 9.44. The summed E-state index contributed by atoms with van der Waals surface area (Å²) in [5.74, 6) is 0. The molecule has 4 rings (SSSR count). The fourth-order valence-corrected chi connectivity index (χ4v) is 4.86. The largest absolute Gasteiger partial charge is 0.185 e. The maximum Gasteiger partial charge on any atom is 0.138 e. The molecule has 0 aliphatic rings. The molecule has 0 bridgehead atoms. The van der Waals surface area contributed by atoms with E-state index in [9.17, 15) is 5.26 Å². The Bertz CT molecular complexity index is 1190. The van der Waals surface area contributed by atoms with Gasteiger partial charge < -0.3 is 0 Å². The summed E-state index contributed by atoms with van der Waals surface area (Å²) < 4.78 is 0. The molecule has 4 aromatic carbocycles. The molecule has 0 heterocycles. The second-order valence-electron chi connectivity index (χ2n) is 9.52. The van der Waals surface area contributed by atoms with Crippen molar-refractivity contribution in [2.24, 2.45) is 0 Å². The third-order valence-electron chi connectivity index (χ3n) is 5.49. The van der Waals surface area contributed by atoms with Crippen molar-refractivity contribution in [2.75, 3.05) is 0 Å². The van der Waals surface area contributed by atoms with Crippen molar-refractivity contribution in [3.05, 3.63) is 53.6 Å². The highest BCUT2D eigenvalue weighted by Crippen LogP contribution is 2.44. The van der Waals surface area contributed by atoms with Gasteiger partial charge in [0, 0.05) is 4.90 Å². The van der Waals surface area contributed by atoms with Crippen molar-refractivity contribution < 1.29 is 0 Å². The number of hydrogen-bond acceptors (Lipinski definition) is 2. The minimum absolute atomic E-state index is 0.0109. The molecule has 0 spiro atoms. The van der Waals surface area contributed by atoms with E-state index in [1.54, 1.807) is 0 Å². The van der Waals surface area contributed by atoms with Crippen LogP contribution in [0.4, 0.5) is 0 Å². The fourth-order valence-electron chi connectivity index (χ4n) is 4.01. The van der Waals surface area contributed by atoms with Crippen LogP contribution in [-0.2, 0) is 10.8 Å². The SMILES string of the molecule is CC(C)(C)c1cc2ccc3cc(C(C)(C)C)c(SC#N)c4ccc(c1)c2c34. The van der Waals surface area contributed by atoms with Gasteiger partial charge in [-0.05, 0) is 72.1 Å². The molecule has 0 atom stereocenters. The minimum atomic E-state index is -0.0109. The van der Waals surface area contributed by atoms with Crippen LogP contribution >= 0.6 is 11.8 Å².